The van der Waals surface area contributed by atoms with Gasteiger partial charge in [-0.05, 0) is 54.4 Å². The Morgan fingerprint density at radius 3 is 2.43 bits per heavy atom. The van der Waals surface area contributed by atoms with Gasteiger partial charge < -0.3 is 14.6 Å². The number of ether oxygens (including phenoxy) is 2. The lowest BCUT2D eigenvalue weighted by Gasteiger charge is -2.23. The molecule has 8 nitrogen and oxygen atoms in total. The van der Waals surface area contributed by atoms with Crippen LogP contribution in [0.1, 0.15) is 38.1 Å². The number of halogens is 1. The summed E-state index contributed by atoms with van der Waals surface area (Å²) in [5, 5.41) is 11.6. The molecule has 1 atom stereocenters. The number of anilines is 1. The van der Waals surface area contributed by atoms with Gasteiger partial charge in [0.1, 0.15) is 29.6 Å². The molecule has 1 aliphatic heterocycles. The standard InChI is InChI=1S/C32H25BrN2O6S/c1-3-17-40-31(39)29-19(2)34-32(42-29)35-26(21-9-13-23(33)14-10-21)25(28(37)30(35)38)27(36)22-11-15-24(16-12-22)41-18-20-7-5-4-6-8-20/h3-16,26,36H,1,17-18H2,2H3/b27-25+. The topological polar surface area (TPSA) is 106 Å². The Labute approximate surface area is 254 Å². The summed E-state index contributed by atoms with van der Waals surface area (Å²) >= 11 is 4.35. The highest BCUT2D eigenvalue weighted by atomic mass is 79.9. The van der Waals surface area contributed by atoms with Crippen molar-refractivity contribution in [2.75, 3.05) is 11.5 Å². The van der Waals surface area contributed by atoms with Crippen LogP contribution in [-0.4, -0.2) is 34.4 Å². The number of hydrogen-bond acceptors (Lipinski definition) is 8. The van der Waals surface area contributed by atoms with Crippen molar-refractivity contribution in [1.82, 2.24) is 4.98 Å². The predicted octanol–water partition coefficient (Wildman–Crippen LogP) is 6.76. The van der Waals surface area contributed by atoms with E-state index in [1.807, 2.05) is 30.3 Å². The fraction of sp³-hybridized carbons (Fsp3) is 0.125. The molecule has 212 valence electrons. The van der Waals surface area contributed by atoms with Crippen LogP contribution in [0.2, 0.25) is 0 Å². The minimum absolute atomic E-state index is 0.0188. The molecule has 0 bridgehead atoms. The van der Waals surface area contributed by atoms with Crippen LogP contribution in [0.5, 0.6) is 5.75 Å². The molecule has 10 heteroatoms. The number of aliphatic hydroxyl groups excluding tert-OH is 1. The fourth-order valence-corrected chi connectivity index (χ4v) is 5.72. The number of esters is 1. The van der Waals surface area contributed by atoms with Crippen molar-refractivity contribution in [2.45, 2.75) is 19.6 Å². The van der Waals surface area contributed by atoms with Crippen molar-refractivity contribution < 1.29 is 29.0 Å². The Hall–Kier alpha value is -4.54. The number of ketones is 1. The third kappa shape index (κ3) is 5.90. The lowest BCUT2D eigenvalue weighted by molar-refractivity contribution is -0.132. The molecule has 2 heterocycles. The molecule has 0 spiro atoms. The first-order valence-electron chi connectivity index (χ1n) is 12.9. The SMILES string of the molecule is C=CCOC(=O)c1sc(N2C(=O)C(=O)/C(=C(/O)c3ccc(OCc4ccccc4)cc3)C2c2ccc(Br)cc2)nc1C. The molecule has 0 aliphatic carbocycles. The van der Waals surface area contributed by atoms with Crippen LogP contribution in [0.4, 0.5) is 5.13 Å². The second-order valence-corrected chi connectivity index (χ2v) is 11.2. The van der Waals surface area contributed by atoms with Crippen molar-refractivity contribution in [3.05, 3.63) is 129 Å². The van der Waals surface area contributed by atoms with Gasteiger partial charge in [-0.25, -0.2) is 9.78 Å². The first kappa shape index (κ1) is 29.0. The molecule has 5 rings (SSSR count). The van der Waals surface area contributed by atoms with E-state index < -0.39 is 23.7 Å². The quantitative estimate of drug-likeness (QED) is 0.0705. The summed E-state index contributed by atoms with van der Waals surface area (Å²) in [6, 6.07) is 22.4. The molecule has 42 heavy (non-hydrogen) atoms. The molecule has 1 saturated heterocycles. The van der Waals surface area contributed by atoms with Gasteiger partial charge in [0.2, 0.25) is 0 Å². The zero-order valence-electron chi connectivity index (χ0n) is 22.5. The van der Waals surface area contributed by atoms with Crippen LogP contribution in [0.15, 0.2) is 102 Å². The van der Waals surface area contributed by atoms with Crippen molar-refractivity contribution in [3.63, 3.8) is 0 Å². The number of aromatic nitrogens is 1. The van der Waals surface area contributed by atoms with E-state index in [-0.39, 0.29) is 27.9 Å². The maximum absolute atomic E-state index is 13.5. The summed E-state index contributed by atoms with van der Waals surface area (Å²) in [5.74, 6) is -2.10. The van der Waals surface area contributed by atoms with Crippen LogP contribution < -0.4 is 9.64 Å². The zero-order valence-corrected chi connectivity index (χ0v) is 24.9. The van der Waals surface area contributed by atoms with Gasteiger partial charge in [0.25, 0.3) is 5.78 Å². The highest BCUT2D eigenvalue weighted by Crippen LogP contribution is 2.44. The van der Waals surface area contributed by atoms with E-state index in [0.717, 1.165) is 21.4 Å². The molecule has 1 unspecified atom stereocenters. The predicted molar refractivity (Wildman–Crippen MR) is 163 cm³/mol. The van der Waals surface area contributed by atoms with Gasteiger partial charge in [-0.15, -0.1) is 0 Å². The largest absolute Gasteiger partial charge is 0.507 e. The summed E-state index contributed by atoms with van der Waals surface area (Å²) < 4.78 is 11.8. The van der Waals surface area contributed by atoms with E-state index in [2.05, 4.69) is 27.5 Å². The molecule has 1 amide bonds. The average Bonchev–Trinajstić information content (AvgIpc) is 3.51. The van der Waals surface area contributed by atoms with E-state index >= 15 is 0 Å². The highest BCUT2D eigenvalue weighted by molar-refractivity contribution is 9.10. The smallest absolute Gasteiger partial charge is 0.350 e. The second-order valence-electron chi connectivity index (χ2n) is 9.32. The number of carbonyl (C=O) groups is 3. The Kier molecular flexibility index (Phi) is 8.65. The molecule has 0 radical (unpaired) electrons. The van der Waals surface area contributed by atoms with Crippen LogP contribution >= 0.6 is 27.3 Å². The summed E-state index contributed by atoms with van der Waals surface area (Å²) in [7, 11) is 0. The van der Waals surface area contributed by atoms with Crippen molar-refractivity contribution >= 4 is 55.8 Å². The van der Waals surface area contributed by atoms with E-state index in [9.17, 15) is 19.5 Å². The summed E-state index contributed by atoms with van der Waals surface area (Å²) in [6.07, 6.45) is 1.45. The Morgan fingerprint density at radius 1 is 1.07 bits per heavy atom. The molecule has 1 aromatic heterocycles. The molecule has 0 saturated carbocycles. The van der Waals surface area contributed by atoms with Gasteiger partial charge in [-0.2, -0.15) is 0 Å². The van der Waals surface area contributed by atoms with Crippen molar-refractivity contribution in [2.24, 2.45) is 0 Å². The lowest BCUT2D eigenvalue weighted by atomic mass is 9.95. The molecule has 1 fully saturated rings. The molecule has 3 aromatic carbocycles. The third-order valence-corrected chi connectivity index (χ3v) is 8.18. The minimum Gasteiger partial charge on any atom is -0.507 e. The van der Waals surface area contributed by atoms with Crippen molar-refractivity contribution in [1.29, 1.82) is 0 Å². The maximum Gasteiger partial charge on any atom is 0.350 e. The van der Waals surface area contributed by atoms with Crippen LogP contribution in [-0.2, 0) is 20.9 Å². The van der Waals surface area contributed by atoms with Gasteiger partial charge in [0.05, 0.1) is 17.3 Å². The van der Waals surface area contributed by atoms with Gasteiger partial charge >= 0.3 is 11.9 Å². The highest BCUT2D eigenvalue weighted by Gasteiger charge is 2.48. The number of rotatable bonds is 9. The Balaban J connectivity index is 1.52. The lowest BCUT2D eigenvalue weighted by Crippen LogP contribution is -2.29. The number of Topliss-reactive ketones (excluding diaryl/α,β-unsaturated/α-hetero) is 1. The number of benzene rings is 3. The zero-order chi connectivity index (χ0) is 29.8. The number of carbonyl (C=O) groups excluding carboxylic acids is 3. The number of hydrogen-bond donors (Lipinski definition) is 1. The number of nitrogens with zero attached hydrogens (tertiary/aromatic N) is 2. The summed E-state index contributed by atoms with van der Waals surface area (Å²) in [6.45, 7) is 5.56. The average molecular weight is 646 g/mol. The maximum atomic E-state index is 13.5. The van der Waals surface area contributed by atoms with E-state index in [1.165, 1.54) is 11.0 Å². The molecule has 1 aliphatic rings. The van der Waals surface area contributed by atoms with Gasteiger partial charge in [-0.1, -0.05) is 82.4 Å². The van der Waals surface area contributed by atoms with Crippen LogP contribution in [0, 0.1) is 6.92 Å². The van der Waals surface area contributed by atoms with Gasteiger partial charge in [0, 0.05) is 10.0 Å². The molecular formula is C32H25BrN2O6S. The second kappa shape index (κ2) is 12.5. The number of amides is 1. The number of thiazole rings is 1. The summed E-state index contributed by atoms with van der Waals surface area (Å²) in [4.78, 5) is 45.4. The fourth-order valence-electron chi connectivity index (χ4n) is 4.47. The Morgan fingerprint density at radius 2 is 1.76 bits per heavy atom. The van der Waals surface area contributed by atoms with Gasteiger partial charge in [-0.3, -0.25) is 14.5 Å². The van der Waals surface area contributed by atoms with Crippen LogP contribution in [0.25, 0.3) is 5.76 Å². The molecule has 4 aromatic rings. The first-order valence-corrected chi connectivity index (χ1v) is 14.5. The first-order chi connectivity index (χ1) is 20.3. The monoisotopic (exact) mass is 644 g/mol. The van der Waals surface area contributed by atoms with E-state index in [1.54, 1.807) is 55.5 Å². The van der Waals surface area contributed by atoms with E-state index in [4.69, 9.17) is 9.47 Å². The Bertz CT molecular complexity index is 1680. The van der Waals surface area contributed by atoms with Crippen molar-refractivity contribution in [3.8, 4) is 5.75 Å². The molecular weight excluding hydrogens is 620 g/mol. The van der Waals surface area contributed by atoms with E-state index in [0.29, 0.717) is 29.2 Å². The number of aryl methyl sites for hydroxylation is 1. The third-order valence-electron chi connectivity index (χ3n) is 6.52. The van der Waals surface area contributed by atoms with Gasteiger partial charge in [0.15, 0.2) is 5.13 Å². The summed E-state index contributed by atoms with van der Waals surface area (Å²) in [5.41, 5.74) is 2.18. The molecule has 1 N–H and O–H groups in total. The normalized spacial score (nSPS) is 16.0. The number of aliphatic hydroxyl groups is 1. The minimum atomic E-state index is -0.991. The van der Waals surface area contributed by atoms with Crippen LogP contribution in [0.3, 0.4) is 0 Å².